The number of nitrogen functional groups attached to an aromatic ring is 1. The number of amides is 1. The molecule has 0 atom stereocenters. The van der Waals surface area contributed by atoms with E-state index in [4.69, 9.17) is 10.8 Å². The van der Waals surface area contributed by atoms with E-state index in [0.29, 0.717) is 30.3 Å². The zero-order valence-corrected chi connectivity index (χ0v) is 18.2. The van der Waals surface area contributed by atoms with Crippen LogP contribution < -0.4 is 10.6 Å². The Morgan fingerprint density at radius 3 is 2.72 bits per heavy atom. The van der Waals surface area contributed by atoms with Crippen LogP contribution in [0, 0.1) is 6.92 Å². The standard InChI is InChI=1S/C20H25N7OS/c1-6-26(19-23-11(3)10-29-19)17(28)15-13-16(27(7-2)25-15)14-12(8-20(13,4)5)9-22-18(21)24-14/h9-10H,6-8H2,1-5H3,(H2,21,22,24). The van der Waals surface area contributed by atoms with Crippen LogP contribution in [0.25, 0.3) is 11.4 Å². The topological polar surface area (TPSA) is 103 Å². The Balaban J connectivity index is 1.92. The van der Waals surface area contributed by atoms with E-state index in [0.717, 1.165) is 28.2 Å². The number of carbonyl (C=O) groups excluding carboxylic acids is 1. The van der Waals surface area contributed by atoms with Crippen LogP contribution in [0.2, 0.25) is 0 Å². The molecule has 9 heteroatoms. The second-order valence-corrected chi connectivity index (χ2v) is 8.71. The van der Waals surface area contributed by atoms with E-state index in [-0.39, 0.29) is 17.3 Å². The first-order chi connectivity index (χ1) is 13.8. The van der Waals surface area contributed by atoms with Gasteiger partial charge in [-0.05, 0) is 38.2 Å². The van der Waals surface area contributed by atoms with Crippen LogP contribution in [0.4, 0.5) is 11.1 Å². The van der Waals surface area contributed by atoms with Gasteiger partial charge in [0, 0.05) is 30.2 Å². The third kappa shape index (κ3) is 3.09. The van der Waals surface area contributed by atoms with Crippen LogP contribution in [0.1, 0.15) is 55.0 Å². The second-order valence-electron chi connectivity index (χ2n) is 7.87. The van der Waals surface area contributed by atoms with Crippen molar-refractivity contribution < 1.29 is 4.79 Å². The van der Waals surface area contributed by atoms with Crippen LogP contribution >= 0.6 is 11.3 Å². The van der Waals surface area contributed by atoms with Gasteiger partial charge in [0.15, 0.2) is 10.8 Å². The fraction of sp³-hybridized carbons (Fsp3) is 0.450. The van der Waals surface area contributed by atoms with Crippen molar-refractivity contribution in [2.75, 3.05) is 17.2 Å². The molecule has 4 rings (SSSR count). The molecular formula is C20H25N7OS. The number of hydrogen-bond donors (Lipinski definition) is 1. The quantitative estimate of drug-likeness (QED) is 0.707. The minimum Gasteiger partial charge on any atom is -0.368 e. The molecule has 0 fully saturated rings. The van der Waals surface area contributed by atoms with Gasteiger partial charge in [0.05, 0.1) is 17.1 Å². The Labute approximate surface area is 173 Å². The van der Waals surface area contributed by atoms with Gasteiger partial charge in [-0.1, -0.05) is 13.8 Å². The number of aromatic nitrogens is 5. The Morgan fingerprint density at radius 2 is 2.10 bits per heavy atom. The van der Waals surface area contributed by atoms with Crippen LogP contribution in [0.3, 0.4) is 0 Å². The lowest BCUT2D eigenvalue weighted by Crippen LogP contribution is -2.34. The SMILES string of the molecule is CCN(C(=O)c1nn(CC)c2c1C(C)(C)Cc1cnc(N)nc1-2)c1nc(C)cs1. The number of aryl methyl sites for hydroxylation is 2. The van der Waals surface area contributed by atoms with Crippen molar-refractivity contribution in [3.05, 3.63) is 34.1 Å². The predicted octanol–water partition coefficient (Wildman–Crippen LogP) is 3.21. The summed E-state index contributed by atoms with van der Waals surface area (Å²) in [5.74, 6) is 0.0865. The van der Waals surface area contributed by atoms with Crippen molar-refractivity contribution in [2.24, 2.45) is 0 Å². The largest absolute Gasteiger partial charge is 0.368 e. The van der Waals surface area contributed by atoms with Crippen LogP contribution in [0.5, 0.6) is 0 Å². The van der Waals surface area contributed by atoms with Gasteiger partial charge in [-0.15, -0.1) is 11.3 Å². The van der Waals surface area contributed by atoms with Gasteiger partial charge in [0.1, 0.15) is 0 Å². The van der Waals surface area contributed by atoms with E-state index in [1.54, 1.807) is 11.1 Å². The minimum absolute atomic E-state index is 0.135. The number of carbonyl (C=O) groups is 1. The van der Waals surface area contributed by atoms with Gasteiger partial charge in [-0.25, -0.2) is 15.0 Å². The molecule has 0 bridgehead atoms. The molecular weight excluding hydrogens is 386 g/mol. The number of thiazole rings is 1. The monoisotopic (exact) mass is 411 g/mol. The fourth-order valence-electron chi connectivity index (χ4n) is 4.00. The Kier molecular flexibility index (Phi) is 4.65. The lowest BCUT2D eigenvalue weighted by Gasteiger charge is -2.32. The van der Waals surface area contributed by atoms with Gasteiger partial charge < -0.3 is 5.73 Å². The molecule has 0 spiro atoms. The summed E-state index contributed by atoms with van der Waals surface area (Å²) in [6.07, 6.45) is 2.50. The molecule has 3 aromatic rings. The number of nitrogens with two attached hydrogens (primary N) is 1. The van der Waals surface area contributed by atoms with Gasteiger partial charge >= 0.3 is 0 Å². The lowest BCUT2D eigenvalue weighted by atomic mass is 9.73. The van der Waals surface area contributed by atoms with E-state index >= 15 is 0 Å². The Bertz CT molecular complexity index is 1100. The van der Waals surface area contributed by atoms with E-state index in [9.17, 15) is 4.79 Å². The fourth-order valence-corrected chi connectivity index (χ4v) is 4.87. The lowest BCUT2D eigenvalue weighted by molar-refractivity contribution is 0.0980. The molecule has 2 N–H and O–H groups in total. The summed E-state index contributed by atoms with van der Waals surface area (Å²) >= 11 is 1.47. The third-order valence-electron chi connectivity index (χ3n) is 5.27. The average molecular weight is 412 g/mol. The highest BCUT2D eigenvalue weighted by Gasteiger charge is 2.41. The van der Waals surface area contributed by atoms with Crippen LogP contribution in [0.15, 0.2) is 11.6 Å². The summed E-state index contributed by atoms with van der Waals surface area (Å²) in [4.78, 5) is 28.5. The number of anilines is 2. The van der Waals surface area contributed by atoms with Gasteiger partial charge in [-0.2, -0.15) is 5.10 Å². The molecule has 0 unspecified atom stereocenters. The number of nitrogens with zero attached hydrogens (tertiary/aromatic N) is 6. The Morgan fingerprint density at radius 1 is 1.34 bits per heavy atom. The predicted molar refractivity (Wildman–Crippen MR) is 114 cm³/mol. The summed E-state index contributed by atoms with van der Waals surface area (Å²) < 4.78 is 1.86. The van der Waals surface area contributed by atoms with Crippen LogP contribution in [-0.2, 0) is 18.4 Å². The average Bonchev–Trinajstić information content (AvgIpc) is 3.27. The number of fused-ring (bicyclic) bond motifs is 3. The molecule has 3 heterocycles. The van der Waals surface area contributed by atoms with Crippen molar-refractivity contribution in [3.8, 4) is 11.4 Å². The molecule has 0 saturated carbocycles. The maximum atomic E-state index is 13.6. The summed E-state index contributed by atoms with van der Waals surface area (Å²) in [6.45, 7) is 11.3. The summed E-state index contributed by atoms with van der Waals surface area (Å²) in [7, 11) is 0. The van der Waals surface area contributed by atoms with Crippen molar-refractivity contribution in [1.29, 1.82) is 0 Å². The minimum atomic E-state index is -0.293. The van der Waals surface area contributed by atoms with Gasteiger partial charge in [0.25, 0.3) is 5.91 Å². The van der Waals surface area contributed by atoms with E-state index in [1.165, 1.54) is 11.3 Å². The molecule has 0 saturated heterocycles. The zero-order chi connectivity index (χ0) is 20.9. The Hall–Kier alpha value is -2.81. The molecule has 0 aliphatic heterocycles. The normalized spacial score (nSPS) is 14.4. The molecule has 1 amide bonds. The van der Waals surface area contributed by atoms with Gasteiger partial charge in [0.2, 0.25) is 5.95 Å². The van der Waals surface area contributed by atoms with Crippen molar-refractivity contribution >= 4 is 28.3 Å². The van der Waals surface area contributed by atoms with Gasteiger partial charge in [-0.3, -0.25) is 14.4 Å². The second kappa shape index (κ2) is 6.91. The maximum Gasteiger partial charge on any atom is 0.280 e. The van der Waals surface area contributed by atoms with Crippen LogP contribution in [-0.4, -0.2) is 37.2 Å². The van der Waals surface area contributed by atoms with Crippen molar-refractivity contribution in [1.82, 2.24) is 24.7 Å². The molecule has 1 aliphatic carbocycles. The highest BCUT2D eigenvalue weighted by atomic mass is 32.1. The maximum absolute atomic E-state index is 13.6. The summed E-state index contributed by atoms with van der Waals surface area (Å²) in [5.41, 5.74) is 10.5. The molecule has 8 nitrogen and oxygen atoms in total. The van der Waals surface area contributed by atoms with E-state index in [1.807, 2.05) is 30.8 Å². The molecule has 1 aliphatic rings. The number of hydrogen-bond acceptors (Lipinski definition) is 7. The zero-order valence-electron chi connectivity index (χ0n) is 17.4. The first-order valence-electron chi connectivity index (χ1n) is 9.73. The van der Waals surface area contributed by atoms with E-state index in [2.05, 4.69) is 28.8 Å². The highest BCUT2D eigenvalue weighted by molar-refractivity contribution is 7.14. The smallest absolute Gasteiger partial charge is 0.280 e. The van der Waals surface area contributed by atoms with Crippen molar-refractivity contribution in [2.45, 2.75) is 53.0 Å². The van der Waals surface area contributed by atoms with Crippen molar-refractivity contribution in [3.63, 3.8) is 0 Å². The molecule has 3 aromatic heterocycles. The first kappa shape index (κ1) is 19.5. The molecule has 0 radical (unpaired) electrons. The molecule has 0 aromatic carbocycles. The number of rotatable bonds is 4. The van der Waals surface area contributed by atoms with E-state index < -0.39 is 0 Å². The summed E-state index contributed by atoms with van der Waals surface area (Å²) in [6, 6.07) is 0. The molecule has 152 valence electrons. The third-order valence-corrected chi connectivity index (χ3v) is 6.25. The summed E-state index contributed by atoms with van der Waals surface area (Å²) in [5, 5.41) is 7.38. The molecule has 29 heavy (non-hydrogen) atoms. The first-order valence-corrected chi connectivity index (χ1v) is 10.6. The highest BCUT2D eigenvalue weighted by Crippen LogP contribution is 2.44.